The average molecular weight is 263 g/mol. The highest BCUT2D eigenvalue weighted by molar-refractivity contribution is 5.39. The van der Waals surface area contributed by atoms with E-state index in [0.717, 1.165) is 11.6 Å². The molecule has 0 amide bonds. The smallest absolute Gasteiger partial charge is 0.126 e. The molecule has 2 nitrogen and oxygen atoms in total. The maximum atomic E-state index is 13.3. The fraction of sp³-hybridized carbons (Fsp3) is 0.200. The largest absolute Gasteiger partial charge is 0.497 e. The predicted molar refractivity (Wildman–Crippen MR) is 70.0 cm³/mol. The molecule has 0 bridgehead atoms. The van der Waals surface area contributed by atoms with Crippen LogP contribution in [0.25, 0.3) is 0 Å². The Balaban J connectivity index is 2.44. The molecule has 0 radical (unpaired) electrons. The van der Waals surface area contributed by atoms with Crippen LogP contribution in [0, 0.1) is 11.6 Å². The zero-order valence-corrected chi connectivity index (χ0v) is 10.8. The third-order valence-corrected chi connectivity index (χ3v) is 3.15. The Kier molecular flexibility index (Phi) is 3.53. The van der Waals surface area contributed by atoms with Crippen LogP contribution in [0.5, 0.6) is 5.75 Å². The molecule has 1 unspecified atom stereocenters. The van der Waals surface area contributed by atoms with Crippen molar-refractivity contribution >= 4 is 0 Å². The lowest BCUT2D eigenvalue weighted by molar-refractivity contribution is 0.414. The molecule has 0 aromatic heterocycles. The minimum Gasteiger partial charge on any atom is -0.497 e. The number of hydrogen-bond donors (Lipinski definition) is 1. The normalized spacial score (nSPS) is 13.9. The van der Waals surface area contributed by atoms with Crippen LogP contribution in [-0.2, 0) is 5.54 Å². The van der Waals surface area contributed by atoms with Crippen molar-refractivity contribution in [2.75, 3.05) is 7.11 Å². The number of ether oxygens (including phenoxy) is 1. The van der Waals surface area contributed by atoms with Crippen LogP contribution in [0.3, 0.4) is 0 Å². The molecule has 2 rings (SSSR count). The van der Waals surface area contributed by atoms with E-state index in [1.807, 2.05) is 0 Å². The molecule has 2 aromatic carbocycles. The van der Waals surface area contributed by atoms with Gasteiger partial charge in [0.15, 0.2) is 0 Å². The molecule has 4 heteroatoms. The van der Waals surface area contributed by atoms with Gasteiger partial charge in [-0.3, -0.25) is 0 Å². The van der Waals surface area contributed by atoms with E-state index in [0.29, 0.717) is 11.3 Å². The van der Waals surface area contributed by atoms with Crippen molar-refractivity contribution in [1.29, 1.82) is 0 Å². The third-order valence-electron chi connectivity index (χ3n) is 3.15. The van der Waals surface area contributed by atoms with E-state index in [-0.39, 0.29) is 0 Å². The molecule has 0 saturated heterocycles. The van der Waals surface area contributed by atoms with Gasteiger partial charge < -0.3 is 10.5 Å². The zero-order valence-electron chi connectivity index (χ0n) is 10.8. The zero-order chi connectivity index (χ0) is 14.0. The Morgan fingerprint density at radius 1 is 0.947 bits per heavy atom. The quantitative estimate of drug-likeness (QED) is 0.923. The first-order valence-corrected chi connectivity index (χ1v) is 5.83. The summed E-state index contributed by atoms with van der Waals surface area (Å²) in [5, 5.41) is 0. The Morgan fingerprint density at radius 3 is 1.95 bits per heavy atom. The first kappa shape index (κ1) is 13.5. The Morgan fingerprint density at radius 2 is 1.47 bits per heavy atom. The molecule has 2 aromatic rings. The summed E-state index contributed by atoms with van der Waals surface area (Å²) in [5.41, 5.74) is 6.37. The van der Waals surface area contributed by atoms with Gasteiger partial charge in [-0.25, -0.2) is 8.78 Å². The molecule has 19 heavy (non-hydrogen) atoms. The van der Waals surface area contributed by atoms with E-state index in [9.17, 15) is 8.78 Å². The lowest BCUT2D eigenvalue weighted by Crippen LogP contribution is -2.34. The summed E-state index contributed by atoms with van der Waals surface area (Å²) in [4.78, 5) is 0. The van der Waals surface area contributed by atoms with E-state index >= 15 is 0 Å². The van der Waals surface area contributed by atoms with Crippen molar-refractivity contribution in [2.45, 2.75) is 12.5 Å². The van der Waals surface area contributed by atoms with Gasteiger partial charge in [0, 0.05) is 6.07 Å². The lowest BCUT2D eigenvalue weighted by Gasteiger charge is -2.26. The lowest BCUT2D eigenvalue weighted by atomic mass is 9.85. The van der Waals surface area contributed by atoms with Crippen LogP contribution in [0.4, 0.5) is 8.78 Å². The van der Waals surface area contributed by atoms with Gasteiger partial charge in [-0.05, 0) is 42.3 Å². The monoisotopic (exact) mass is 263 g/mol. The predicted octanol–water partition coefficient (Wildman–Crippen LogP) is 3.20. The molecule has 0 aliphatic rings. The SMILES string of the molecule is COc1ccc(C(C)(N)c2cc(F)cc(F)c2)cc1. The van der Waals surface area contributed by atoms with Crippen molar-refractivity contribution < 1.29 is 13.5 Å². The molecule has 2 N–H and O–H groups in total. The first-order chi connectivity index (χ1) is 8.93. The molecule has 100 valence electrons. The second-order valence-electron chi connectivity index (χ2n) is 4.59. The van der Waals surface area contributed by atoms with Crippen LogP contribution in [0.15, 0.2) is 42.5 Å². The first-order valence-electron chi connectivity index (χ1n) is 5.83. The third kappa shape index (κ3) is 2.74. The molecule has 0 spiro atoms. The van der Waals surface area contributed by atoms with Crippen molar-refractivity contribution in [2.24, 2.45) is 5.73 Å². The number of benzene rings is 2. The van der Waals surface area contributed by atoms with Gasteiger partial charge in [0.05, 0.1) is 12.6 Å². The summed E-state index contributed by atoms with van der Waals surface area (Å²) in [6.45, 7) is 1.71. The topological polar surface area (TPSA) is 35.2 Å². The Hall–Kier alpha value is -1.94. The average Bonchev–Trinajstić information content (AvgIpc) is 2.37. The highest BCUT2D eigenvalue weighted by atomic mass is 19.1. The van der Waals surface area contributed by atoms with Crippen molar-refractivity contribution in [3.63, 3.8) is 0 Å². The van der Waals surface area contributed by atoms with Gasteiger partial charge >= 0.3 is 0 Å². The fourth-order valence-corrected chi connectivity index (χ4v) is 1.96. The van der Waals surface area contributed by atoms with Crippen molar-refractivity contribution in [3.8, 4) is 5.75 Å². The summed E-state index contributed by atoms with van der Waals surface area (Å²) in [7, 11) is 1.57. The second-order valence-corrected chi connectivity index (χ2v) is 4.59. The molecule has 0 aliphatic carbocycles. The highest BCUT2D eigenvalue weighted by Crippen LogP contribution is 2.28. The van der Waals surface area contributed by atoms with Gasteiger partial charge in [0.2, 0.25) is 0 Å². The second kappa shape index (κ2) is 4.97. The number of methoxy groups -OCH3 is 1. The van der Waals surface area contributed by atoms with Gasteiger partial charge in [-0.2, -0.15) is 0 Å². The number of rotatable bonds is 3. The number of hydrogen-bond acceptors (Lipinski definition) is 2. The Bertz CT molecular complexity index is 559. The summed E-state index contributed by atoms with van der Waals surface area (Å²) in [6, 6.07) is 10.4. The molecular formula is C15H15F2NO. The Labute approximate surface area is 110 Å². The van der Waals surface area contributed by atoms with Crippen molar-refractivity contribution in [3.05, 3.63) is 65.2 Å². The molecule has 1 atom stereocenters. The van der Waals surface area contributed by atoms with Gasteiger partial charge in [-0.1, -0.05) is 12.1 Å². The maximum Gasteiger partial charge on any atom is 0.126 e. The summed E-state index contributed by atoms with van der Waals surface area (Å²) < 4.78 is 31.6. The minimum atomic E-state index is -0.977. The molecule has 0 fully saturated rings. The van der Waals surface area contributed by atoms with Gasteiger partial charge in [-0.15, -0.1) is 0 Å². The van der Waals surface area contributed by atoms with E-state index in [4.69, 9.17) is 10.5 Å². The van der Waals surface area contributed by atoms with Crippen LogP contribution < -0.4 is 10.5 Å². The minimum absolute atomic E-state index is 0.384. The van der Waals surface area contributed by atoms with Crippen LogP contribution in [-0.4, -0.2) is 7.11 Å². The summed E-state index contributed by atoms with van der Waals surface area (Å²) in [6.07, 6.45) is 0. The maximum absolute atomic E-state index is 13.3. The molecule has 0 saturated carbocycles. The van der Waals surface area contributed by atoms with Gasteiger partial charge in [0.1, 0.15) is 17.4 Å². The fourth-order valence-electron chi connectivity index (χ4n) is 1.96. The standard InChI is InChI=1S/C15H15F2NO/c1-15(18,10-3-5-14(19-2)6-4-10)11-7-12(16)9-13(17)8-11/h3-9H,18H2,1-2H3. The summed E-state index contributed by atoms with van der Waals surface area (Å²) in [5.74, 6) is -0.578. The number of nitrogens with two attached hydrogens (primary N) is 1. The van der Waals surface area contributed by atoms with E-state index in [1.165, 1.54) is 12.1 Å². The van der Waals surface area contributed by atoms with E-state index < -0.39 is 17.2 Å². The summed E-state index contributed by atoms with van der Waals surface area (Å²) >= 11 is 0. The van der Waals surface area contributed by atoms with Crippen molar-refractivity contribution in [1.82, 2.24) is 0 Å². The van der Waals surface area contributed by atoms with Gasteiger partial charge in [0.25, 0.3) is 0 Å². The highest BCUT2D eigenvalue weighted by Gasteiger charge is 2.25. The molecular weight excluding hydrogens is 248 g/mol. The number of halogens is 2. The van der Waals surface area contributed by atoms with E-state index in [2.05, 4.69) is 0 Å². The molecule has 0 heterocycles. The van der Waals surface area contributed by atoms with Crippen LogP contribution in [0.2, 0.25) is 0 Å². The van der Waals surface area contributed by atoms with Crippen LogP contribution in [0.1, 0.15) is 18.1 Å². The molecule has 0 aliphatic heterocycles. The van der Waals surface area contributed by atoms with E-state index in [1.54, 1.807) is 38.3 Å². The van der Waals surface area contributed by atoms with Crippen LogP contribution >= 0.6 is 0 Å².